The number of nitrogens with zero attached hydrogens (tertiary/aromatic N) is 4. The van der Waals surface area contributed by atoms with Crippen molar-refractivity contribution in [3.8, 4) is 11.5 Å². The van der Waals surface area contributed by atoms with Gasteiger partial charge in [-0.15, -0.1) is 24.8 Å². The minimum atomic E-state index is -0.393. The van der Waals surface area contributed by atoms with Gasteiger partial charge in [-0.1, -0.05) is 12.1 Å². The Morgan fingerprint density at radius 2 is 1.80 bits per heavy atom. The van der Waals surface area contributed by atoms with Crippen LogP contribution >= 0.6 is 24.8 Å². The third kappa shape index (κ3) is 9.24. The molecule has 0 spiro atoms. The molecule has 5 rings (SSSR count). The molecule has 49 heavy (non-hydrogen) atoms. The lowest BCUT2D eigenvalue weighted by molar-refractivity contribution is 0.0990. The number of para-hydroxylation sites is 1. The van der Waals surface area contributed by atoms with Crippen molar-refractivity contribution < 1.29 is 23.9 Å². The Hall–Kier alpha value is -4.74. The first-order valence-corrected chi connectivity index (χ1v) is 15.6. The number of benzene rings is 3. The summed E-state index contributed by atoms with van der Waals surface area (Å²) in [5.74, 6) is 2.61. The van der Waals surface area contributed by atoms with Crippen LogP contribution < -0.4 is 25.4 Å². The van der Waals surface area contributed by atoms with Crippen LogP contribution in [0, 0.1) is 6.92 Å². The number of aromatic nitrogens is 2. The van der Waals surface area contributed by atoms with Gasteiger partial charge in [0.15, 0.2) is 5.95 Å². The molecule has 1 aliphatic heterocycles. The first-order chi connectivity index (χ1) is 22.7. The van der Waals surface area contributed by atoms with Crippen LogP contribution in [-0.4, -0.2) is 91.5 Å². The highest BCUT2D eigenvalue weighted by Gasteiger charge is 2.21. The van der Waals surface area contributed by atoms with Crippen molar-refractivity contribution in [2.45, 2.75) is 26.2 Å². The van der Waals surface area contributed by atoms with E-state index in [1.807, 2.05) is 25.1 Å². The number of amides is 2. The lowest BCUT2D eigenvalue weighted by Crippen LogP contribution is -2.44. The van der Waals surface area contributed by atoms with Gasteiger partial charge in [-0.3, -0.25) is 9.59 Å². The Morgan fingerprint density at radius 3 is 2.51 bits per heavy atom. The summed E-state index contributed by atoms with van der Waals surface area (Å²) >= 11 is 0. The Balaban J connectivity index is 0.00000325. The number of nitrogen functional groups attached to an aromatic ring is 1. The highest BCUT2D eigenvalue weighted by atomic mass is 35.5. The van der Waals surface area contributed by atoms with Gasteiger partial charge >= 0.3 is 0 Å². The van der Waals surface area contributed by atoms with E-state index in [1.54, 1.807) is 43.4 Å². The van der Waals surface area contributed by atoms with E-state index in [2.05, 4.69) is 38.1 Å². The number of aromatic amines is 1. The van der Waals surface area contributed by atoms with Crippen LogP contribution in [0.3, 0.4) is 0 Å². The smallest absolute Gasteiger partial charge is 0.258 e. The number of nitrogens with two attached hydrogens (primary N) is 1. The summed E-state index contributed by atoms with van der Waals surface area (Å²) in [6.45, 7) is 5.95. The molecule has 14 heteroatoms. The number of allylic oxidation sites excluding steroid dienone is 1. The molecule has 0 atom stereocenters. The van der Waals surface area contributed by atoms with Crippen molar-refractivity contribution in [3.05, 3.63) is 77.0 Å². The predicted octanol–water partition coefficient (Wildman–Crippen LogP) is 5.35. The van der Waals surface area contributed by atoms with Crippen LogP contribution in [0.15, 0.2) is 60.3 Å². The summed E-state index contributed by atoms with van der Waals surface area (Å²) in [7, 11) is 5.25. The predicted molar refractivity (Wildman–Crippen MR) is 197 cm³/mol. The molecule has 0 radical (unpaired) electrons. The van der Waals surface area contributed by atoms with Crippen LogP contribution in [0.5, 0.6) is 11.5 Å². The molecule has 1 saturated heterocycles. The number of imidazole rings is 1. The molecule has 1 aliphatic rings. The molecule has 12 nitrogen and oxygen atoms in total. The Bertz CT molecular complexity index is 1820. The molecule has 1 fully saturated rings. The van der Waals surface area contributed by atoms with Gasteiger partial charge in [0.1, 0.15) is 23.0 Å². The molecule has 0 bridgehead atoms. The maximum Gasteiger partial charge on any atom is 0.258 e. The van der Waals surface area contributed by atoms with E-state index in [1.165, 1.54) is 12.0 Å². The van der Waals surface area contributed by atoms with Crippen molar-refractivity contribution in [3.63, 3.8) is 0 Å². The number of hydrogen-bond acceptors (Lipinski definition) is 9. The second kappa shape index (κ2) is 17.6. The van der Waals surface area contributed by atoms with Gasteiger partial charge in [0.25, 0.3) is 11.8 Å². The lowest BCUT2D eigenvalue weighted by atomic mass is 10.1. The monoisotopic (exact) mass is 711 g/mol. The van der Waals surface area contributed by atoms with Gasteiger partial charge in [0.2, 0.25) is 0 Å². The first kappa shape index (κ1) is 38.7. The topological polar surface area (TPSA) is 146 Å². The number of methoxy groups -OCH3 is 1. The SMILES string of the molecule is COc1cc(C(=O)N(C)c2ccc(C)cc2OCCCCC(=C=O)N2CCN(C)CC2)ccc1NC(=O)c1cccc2[nH]c(N)nc12.Cl.Cl. The van der Waals surface area contributed by atoms with Crippen molar-refractivity contribution in [2.24, 2.45) is 0 Å². The van der Waals surface area contributed by atoms with E-state index in [0.29, 0.717) is 58.1 Å². The highest BCUT2D eigenvalue weighted by Crippen LogP contribution is 2.32. The number of unbranched alkanes of at least 4 members (excludes halogenated alkanes) is 1. The zero-order valence-electron chi connectivity index (χ0n) is 28.1. The number of fused-ring (bicyclic) bond motifs is 1. The lowest BCUT2D eigenvalue weighted by Gasteiger charge is -2.34. The molecule has 1 aromatic heterocycles. The second-order valence-electron chi connectivity index (χ2n) is 11.7. The van der Waals surface area contributed by atoms with Gasteiger partial charge in [-0.2, -0.15) is 0 Å². The average Bonchev–Trinajstić information content (AvgIpc) is 3.46. The normalized spacial score (nSPS) is 12.7. The third-order valence-electron chi connectivity index (χ3n) is 8.32. The van der Waals surface area contributed by atoms with E-state index in [4.69, 9.17) is 15.2 Å². The quantitative estimate of drug-likeness (QED) is 0.131. The summed E-state index contributed by atoms with van der Waals surface area (Å²) in [5, 5.41) is 2.86. The maximum atomic E-state index is 13.7. The number of piperazine rings is 1. The summed E-state index contributed by atoms with van der Waals surface area (Å²) in [5.41, 5.74) is 10.4. The Labute approximate surface area is 298 Å². The van der Waals surface area contributed by atoms with Crippen molar-refractivity contribution in [1.82, 2.24) is 19.8 Å². The summed E-state index contributed by atoms with van der Waals surface area (Å²) < 4.78 is 11.7. The molecule has 2 amide bonds. The molecule has 4 aromatic rings. The van der Waals surface area contributed by atoms with Gasteiger partial charge < -0.3 is 40.2 Å². The standard InChI is InChI=1S/C35H41N7O5.2ClH/c1-23-11-14-29(31(20-23)47-19-6-5-8-25(22-43)42-17-15-40(2)16-18-42)41(3)34(45)24-12-13-27(30(21-24)46-4)37-33(44)26-9-7-10-28-32(26)39-35(36)38-28;;/h7,9-14,20-21H,5-6,8,15-19H2,1-4H3,(H,37,44)(H3,36,38,39);2*1H. The molecule has 0 saturated carbocycles. The van der Waals surface area contributed by atoms with Crippen LogP contribution in [0.25, 0.3) is 11.0 Å². The summed E-state index contributed by atoms with van der Waals surface area (Å²) in [6, 6.07) is 15.7. The highest BCUT2D eigenvalue weighted by molar-refractivity contribution is 6.13. The number of halogens is 2. The average molecular weight is 713 g/mol. The van der Waals surface area contributed by atoms with Crippen molar-refractivity contribution >= 4 is 70.9 Å². The van der Waals surface area contributed by atoms with Crippen molar-refractivity contribution in [2.75, 3.05) is 69.9 Å². The van der Waals surface area contributed by atoms with Gasteiger partial charge in [-0.05, 0) is 81.3 Å². The largest absolute Gasteiger partial charge is 0.495 e. The molecular formula is C35H43Cl2N7O5. The number of H-pyrrole nitrogens is 1. The minimum Gasteiger partial charge on any atom is -0.495 e. The number of anilines is 3. The fourth-order valence-corrected chi connectivity index (χ4v) is 5.60. The molecule has 0 unspecified atom stereocenters. The summed E-state index contributed by atoms with van der Waals surface area (Å²) in [4.78, 5) is 51.5. The molecule has 2 heterocycles. The van der Waals surface area contributed by atoms with E-state index in [-0.39, 0.29) is 36.7 Å². The number of rotatable bonds is 12. The van der Waals surface area contributed by atoms with E-state index in [0.717, 1.165) is 50.3 Å². The molecule has 3 aromatic carbocycles. The zero-order valence-corrected chi connectivity index (χ0v) is 29.7. The zero-order chi connectivity index (χ0) is 33.5. The number of nitrogens with one attached hydrogen (secondary N) is 2. The fraction of sp³-hybridized carbons (Fsp3) is 0.343. The van der Waals surface area contributed by atoms with E-state index in [9.17, 15) is 14.4 Å². The number of likely N-dealkylation sites (N-methyl/N-ethyl adjacent to an activating group) is 1. The molecule has 0 aliphatic carbocycles. The third-order valence-corrected chi connectivity index (χ3v) is 8.32. The van der Waals surface area contributed by atoms with Crippen LogP contribution in [-0.2, 0) is 4.79 Å². The number of hydrogen-bond donors (Lipinski definition) is 3. The van der Waals surface area contributed by atoms with Gasteiger partial charge in [-0.25, -0.2) is 9.78 Å². The van der Waals surface area contributed by atoms with Gasteiger partial charge in [0, 0.05) is 38.8 Å². The van der Waals surface area contributed by atoms with Crippen LogP contribution in [0.1, 0.15) is 45.5 Å². The first-order valence-electron chi connectivity index (χ1n) is 15.6. The van der Waals surface area contributed by atoms with E-state index < -0.39 is 5.91 Å². The number of carbonyl (C=O) groups is 2. The summed E-state index contributed by atoms with van der Waals surface area (Å²) in [6.07, 6.45) is 2.19. The maximum absolute atomic E-state index is 13.7. The Morgan fingerprint density at radius 1 is 1.04 bits per heavy atom. The fourth-order valence-electron chi connectivity index (χ4n) is 5.60. The van der Waals surface area contributed by atoms with Gasteiger partial charge in [0.05, 0.1) is 41.9 Å². The Kier molecular flexibility index (Phi) is 13.9. The second-order valence-corrected chi connectivity index (χ2v) is 11.7. The van der Waals surface area contributed by atoms with Crippen LogP contribution in [0.4, 0.5) is 17.3 Å². The molecular weight excluding hydrogens is 669 g/mol. The number of carbonyl (C=O) groups excluding carboxylic acids is 3. The van der Waals surface area contributed by atoms with E-state index >= 15 is 0 Å². The molecule has 4 N–H and O–H groups in total. The minimum absolute atomic E-state index is 0. The molecule has 262 valence electrons. The van der Waals surface area contributed by atoms with Crippen molar-refractivity contribution in [1.29, 1.82) is 0 Å². The number of aryl methyl sites for hydroxylation is 1. The number of ether oxygens (including phenoxy) is 2. The van der Waals surface area contributed by atoms with Crippen LogP contribution in [0.2, 0.25) is 0 Å².